The number of amides is 1. The lowest BCUT2D eigenvalue weighted by molar-refractivity contribution is -0.121. The van der Waals surface area contributed by atoms with Crippen molar-refractivity contribution in [2.45, 2.75) is 12.8 Å². The summed E-state index contributed by atoms with van der Waals surface area (Å²) >= 11 is 3.37. The highest BCUT2D eigenvalue weighted by molar-refractivity contribution is 9.10. The van der Waals surface area contributed by atoms with Gasteiger partial charge in [-0.3, -0.25) is 4.79 Å². The van der Waals surface area contributed by atoms with E-state index in [2.05, 4.69) is 21.2 Å². The fourth-order valence-electron chi connectivity index (χ4n) is 1.14. The molecule has 0 spiro atoms. The molecule has 0 unspecified atom stereocenters. The molecule has 70 valence electrons. The van der Waals surface area contributed by atoms with Gasteiger partial charge in [-0.1, -0.05) is 28.1 Å². The number of carbonyl (C=O) groups is 1. The Labute approximate surface area is 86.5 Å². The molecule has 0 aromatic heterocycles. The lowest BCUT2D eigenvalue weighted by atomic mass is 10.0. The van der Waals surface area contributed by atoms with Gasteiger partial charge in [-0.15, -0.1) is 0 Å². The maximum absolute atomic E-state index is 11.3. The summed E-state index contributed by atoms with van der Waals surface area (Å²) in [6.45, 7) is 1.89. The first-order valence-corrected chi connectivity index (χ1v) is 4.91. The van der Waals surface area contributed by atoms with Crippen LogP contribution in [0, 0.1) is 0 Å². The molecule has 0 fully saturated rings. The SMILES string of the molecule is CNC(=O)[C@@H](C)c1cccc(Br)c1. The van der Waals surface area contributed by atoms with Crippen LogP contribution in [0.25, 0.3) is 0 Å². The third-order valence-corrected chi connectivity index (χ3v) is 2.48. The summed E-state index contributed by atoms with van der Waals surface area (Å²) < 4.78 is 1.00. The number of hydrogen-bond donors (Lipinski definition) is 1. The zero-order valence-electron chi connectivity index (χ0n) is 7.67. The van der Waals surface area contributed by atoms with Crippen LogP contribution >= 0.6 is 15.9 Å². The second-order valence-corrected chi connectivity index (χ2v) is 3.81. The maximum Gasteiger partial charge on any atom is 0.227 e. The molecule has 1 aromatic rings. The third-order valence-electron chi connectivity index (χ3n) is 1.99. The number of likely N-dealkylation sites (N-methyl/N-ethyl adjacent to an activating group) is 1. The van der Waals surface area contributed by atoms with Crippen LogP contribution in [-0.4, -0.2) is 13.0 Å². The minimum Gasteiger partial charge on any atom is -0.359 e. The molecular weight excluding hydrogens is 230 g/mol. The second-order valence-electron chi connectivity index (χ2n) is 2.89. The molecule has 1 amide bonds. The average Bonchev–Trinajstić information content (AvgIpc) is 2.15. The van der Waals surface area contributed by atoms with Crippen molar-refractivity contribution in [3.05, 3.63) is 34.3 Å². The zero-order chi connectivity index (χ0) is 9.84. The summed E-state index contributed by atoms with van der Waals surface area (Å²) in [6.07, 6.45) is 0. The second kappa shape index (κ2) is 4.42. The van der Waals surface area contributed by atoms with Crippen molar-refractivity contribution < 1.29 is 4.79 Å². The zero-order valence-corrected chi connectivity index (χ0v) is 9.26. The van der Waals surface area contributed by atoms with E-state index >= 15 is 0 Å². The van der Waals surface area contributed by atoms with E-state index in [-0.39, 0.29) is 11.8 Å². The van der Waals surface area contributed by atoms with Gasteiger partial charge in [-0.2, -0.15) is 0 Å². The lowest BCUT2D eigenvalue weighted by Crippen LogP contribution is -2.23. The van der Waals surface area contributed by atoms with E-state index in [4.69, 9.17) is 0 Å². The lowest BCUT2D eigenvalue weighted by Gasteiger charge is -2.09. The van der Waals surface area contributed by atoms with Gasteiger partial charge in [0, 0.05) is 11.5 Å². The fourth-order valence-corrected chi connectivity index (χ4v) is 1.56. The van der Waals surface area contributed by atoms with E-state index in [1.54, 1.807) is 7.05 Å². The Kier molecular flexibility index (Phi) is 3.48. The van der Waals surface area contributed by atoms with Crippen LogP contribution in [0.4, 0.5) is 0 Å². The average molecular weight is 242 g/mol. The number of halogens is 1. The van der Waals surface area contributed by atoms with Crippen molar-refractivity contribution in [3.8, 4) is 0 Å². The Morgan fingerprint density at radius 3 is 2.77 bits per heavy atom. The summed E-state index contributed by atoms with van der Waals surface area (Å²) in [6, 6.07) is 7.78. The third kappa shape index (κ3) is 2.56. The molecule has 1 rings (SSSR count). The van der Waals surface area contributed by atoms with Crippen LogP contribution in [-0.2, 0) is 4.79 Å². The van der Waals surface area contributed by atoms with Crippen molar-refractivity contribution in [1.82, 2.24) is 5.32 Å². The van der Waals surface area contributed by atoms with Gasteiger partial charge in [0.1, 0.15) is 0 Å². The largest absolute Gasteiger partial charge is 0.359 e. The first-order valence-electron chi connectivity index (χ1n) is 4.12. The molecule has 0 saturated carbocycles. The molecule has 0 aliphatic heterocycles. The van der Waals surface area contributed by atoms with Crippen LogP contribution in [0.1, 0.15) is 18.4 Å². The minimum absolute atomic E-state index is 0.0399. The molecule has 1 N–H and O–H groups in total. The van der Waals surface area contributed by atoms with E-state index < -0.39 is 0 Å². The molecule has 0 aliphatic carbocycles. The van der Waals surface area contributed by atoms with Gasteiger partial charge in [0.2, 0.25) is 5.91 Å². The predicted molar refractivity (Wildman–Crippen MR) is 56.6 cm³/mol. The van der Waals surface area contributed by atoms with Crippen LogP contribution in [0.15, 0.2) is 28.7 Å². The van der Waals surface area contributed by atoms with Gasteiger partial charge >= 0.3 is 0 Å². The Hall–Kier alpha value is -0.830. The molecule has 0 radical (unpaired) electrons. The topological polar surface area (TPSA) is 29.1 Å². The molecule has 3 heteroatoms. The predicted octanol–water partition coefficient (Wildman–Crippen LogP) is 2.30. The number of nitrogens with one attached hydrogen (secondary N) is 1. The Morgan fingerprint density at radius 1 is 1.54 bits per heavy atom. The van der Waals surface area contributed by atoms with Gasteiger partial charge < -0.3 is 5.32 Å². The van der Waals surface area contributed by atoms with Crippen LogP contribution in [0.3, 0.4) is 0 Å². The number of rotatable bonds is 2. The molecule has 1 atom stereocenters. The summed E-state index contributed by atoms with van der Waals surface area (Å²) in [5, 5.41) is 2.63. The monoisotopic (exact) mass is 241 g/mol. The molecule has 0 aliphatic rings. The van der Waals surface area contributed by atoms with Crippen LogP contribution in [0.5, 0.6) is 0 Å². The number of carbonyl (C=O) groups excluding carboxylic acids is 1. The van der Waals surface area contributed by atoms with Gasteiger partial charge in [0.05, 0.1) is 5.92 Å². The summed E-state index contributed by atoms with van der Waals surface area (Å²) in [5.74, 6) is -0.0550. The summed E-state index contributed by atoms with van der Waals surface area (Å²) in [7, 11) is 1.65. The van der Waals surface area contributed by atoms with Gasteiger partial charge in [-0.25, -0.2) is 0 Å². The standard InChI is InChI=1S/C10H12BrNO/c1-7(10(13)12-2)8-4-3-5-9(11)6-8/h3-7H,1-2H3,(H,12,13)/t7-/m0/s1. The number of benzene rings is 1. The van der Waals surface area contributed by atoms with Crippen LogP contribution in [0.2, 0.25) is 0 Å². The minimum atomic E-state index is -0.0949. The van der Waals surface area contributed by atoms with Crippen molar-refractivity contribution in [1.29, 1.82) is 0 Å². The van der Waals surface area contributed by atoms with E-state index in [0.29, 0.717) is 0 Å². The molecule has 13 heavy (non-hydrogen) atoms. The first-order chi connectivity index (χ1) is 6.15. The van der Waals surface area contributed by atoms with Gasteiger partial charge in [0.25, 0.3) is 0 Å². The molecular formula is C10H12BrNO. The van der Waals surface area contributed by atoms with Crippen LogP contribution < -0.4 is 5.32 Å². The Morgan fingerprint density at radius 2 is 2.23 bits per heavy atom. The fraction of sp³-hybridized carbons (Fsp3) is 0.300. The Bertz CT molecular complexity index is 312. The van der Waals surface area contributed by atoms with Crippen molar-refractivity contribution >= 4 is 21.8 Å². The van der Waals surface area contributed by atoms with E-state index in [0.717, 1.165) is 10.0 Å². The highest BCUT2D eigenvalue weighted by Crippen LogP contribution is 2.19. The van der Waals surface area contributed by atoms with Gasteiger partial charge in [0.15, 0.2) is 0 Å². The van der Waals surface area contributed by atoms with Crippen molar-refractivity contribution in [2.75, 3.05) is 7.05 Å². The number of hydrogen-bond acceptors (Lipinski definition) is 1. The summed E-state index contributed by atoms with van der Waals surface area (Å²) in [4.78, 5) is 11.3. The van der Waals surface area contributed by atoms with E-state index in [1.165, 1.54) is 0 Å². The molecule has 0 saturated heterocycles. The highest BCUT2D eigenvalue weighted by atomic mass is 79.9. The normalized spacial score (nSPS) is 12.2. The molecule has 1 aromatic carbocycles. The molecule has 0 heterocycles. The molecule has 0 bridgehead atoms. The smallest absolute Gasteiger partial charge is 0.227 e. The van der Waals surface area contributed by atoms with E-state index in [1.807, 2.05) is 31.2 Å². The van der Waals surface area contributed by atoms with Crippen molar-refractivity contribution in [2.24, 2.45) is 0 Å². The Balaban J connectivity index is 2.88. The summed E-state index contributed by atoms with van der Waals surface area (Å²) in [5.41, 5.74) is 1.02. The quantitative estimate of drug-likeness (QED) is 0.847. The van der Waals surface area contributed by atoms with Gasteiger partial charge in [-0.05, 0) is 24.6 Å². The first kappa shape index (κ1) is 10.3. The van der Waals surface area contributed by atoms with E-state index in [9.17, 15) is 4.79 Å². The van der Waals surface area contributed by atoms with Crippen molar-refractivity contribution in [3.63, 3.8) is 0 Å². The highest BCUT2D eigenvalue weighted by Gasteiger charge is 2.12. The molecule has 2 nitrogen and oxygen atoms in total. The maximum atomic E-state index is 11.3.